The van der Waals surface area contributed by atoms with Crippen molar-refractivity contribution in [3.05, 3.63) is 6.92 Å². The van der Waals surface area contributed by atoms with Crippen LogP contribution in [0.3, 0.4) is 0 Å². The molecule has 0 aromatic rings. The van der Waals surface area contributed by atoms with Gasteiger partial charge in [-0.2, -0.15) is 0 Å². The average Bonchev–Trinajstić information content (AvgIpc) is 1.30. The molecule has 0 unspecified atom stereocenters. The van der Waals surface area contributed by atoms with Gasteiger partial charge in [0.25, 0.3) is 0 Å². The third kappa shape index (κ3) is 9.62. The first kappa shape index (κ1) is 11.2. The van der Waals surface area contributed by atoms with Crippen LogP contribution < -0.4 is 0 Å². The molecule has 1 nitrogen and oxygen atoms in total. The zero-order valence-corrected chi connectivity index (χ0v) is 7.13. The van der Waals surface area contributed by atoms with Crippen LogP contribution in [0.4, 0.5) is 13.2 Å². The molecule has 45 valence electrons. The van der Waals surface area contributed by atoms with Gasteiger partial charge in [-0.15, -0.1) is 13.2 Å². The van der Waals surface area contributed by atoms with Crippen molar-refractivity contribution in [3.63, 3.8) is 0 Å². The first-order valence-electron chi connectivity index (χ1n) is 1.56. The van der Waals surface area contributed by atoms with Crippen LogP contribution in [-0.4, -0.2) is 13.0 Å². The molecule has 0 fully saturated rings. The van der Waals surface area contributed by atoms with Gasteiger partial charge in [0, 0.05) is 19.5 Å². The third-order valence-corrected chi connectivity index (χ3v) is 0.266. The summed E-state index contributed by atoms with van der Waals surface area (Å²) in [4.78, 5) is 0. The molecule has 0 heterocycles. The fraction of sp³-hybridized carbons (Fsp3) is 0.667. The molecule has 0 aliphatic heterocycles. The molecule has 0 bridgehead atoms. The molecular formula is C3H4F3OZn. The molecule has 0 saturated carbocycles. The predicted octanol–water partition coefficient (Wildman–Crippen LogP) is 1.35. The summed E-state index contributed by atoms with van der Waals surface area (Å²) in [5, 5.41) is 0. The molecule has 0 aliphatic carbocycles. The van der Waals surface area contributed by atoms with Crippen LogP contribution in [0.15, 0.2) is 0 Å². The van der Waals surface area contributed by atoms with Crippen molar-refractivity contribution >= 4 is 0 Å². The smallest absolute Gasteiger partial charge is 0.292 e. The first-order chi connectivity index (χ1) is 3.06. The van der Waals surface area contributed by atoms with E-state index in [1.807, 2.05) is 0 Å². The summed E-state index contributed by atoms with van der Waals surface area (Å²) in [5.41, 5.74) is 0. The van der Waals surface area contributed by atoms with Crippen molar-refractivity contribution in [1.29, 1.82) is 0 Å². The Kier molecular flexibility index (Phi) is 5.98. The van der Waals surface area contributed by atoms with Gasteiger partial charge in [-0.1, -0.05) is 0 Å². The molecule has 0 spiro atoms. The van der Waals surface area contributed by atoms with E-state index in [9.17, 15) is 13.2 Å². The normalized spacial score (nSPS) is 10.5. The largest absolute Gasteiger partial charge is 0.522 e. The summed E-state index contributed by atoms with van der Waals surface area (Å²) in [6, 6.07) is 0. The van der Waals surface area contributed by atoms with Crippen molar-refractivity contribution in [1.82, 2.24) is 0 Å². The molecule has 1 radical (unpaired) electrons. The van der Waals surface area contributed by atoms with Crippen LogP contribution in [0.25, 0.3) is 0 Å². The van der Waals surface area contributed by atoms with Gasteiger partial charge >= 0.3 is 6.36 Å². The zero-order valence-electron chi connectivity index (χ0n) is 4.16. The summed E-state index contributed by atoms with van der Waals surface area (Å²) in [6.07, 6.45) is -4.51. The van der Waals surface area contributed by atoms with Crippen LogP contribution in [0, 0.1) is 6.92 Å². The topological polar surface area (TPSA) is 9.23 Å². The maximum absolute atomic E-state index is 10.8. The predicted molar refractivity (Wildman–Crippen MR) is 17.4 cm³/mol. The van der Waals surface area contributed by atoms with E-state index < -0.39 is 13.0 Å². The van der Waals surface area contributed by atoms with Gasteiger partial charge in [0.1, 0.15) is 0 Å². The maximum Gasteiger partial charge on any atom is 0.522 e. The Labute approximate surface area is 58.0 Å². The van der Waals surface area contributed by atoms with E-state index in [1.165, 1.54) is 0 Å². The molecule has 5 heteroatoms. The first-order valence-corrected chi connectivity index (χ1v) is 1.56. The van der Waals surface area contributed by atoms with E-state index in [-0.39, 0.29) is 19.5 Å². The second-order valence-electron chi connectivity index (χ2n) is 0.794. The average molecular weight is 178 g/mol. The van der Waals surface area contributed by atoms with Gasteiger partial charge in [0.2, 0.25) is 0 Å². The van der Waals surface area contributed by atoms with Gasteiger partial charge < -0.3 is 0 Å². The number of halogens is 3. The summed E-state index contributed by atoms with van der Waals surface area (Å²) < 4.78 is 35.5. The van der Waals surface area contributed by atoms with Crippen LogP contribution >= 0.6 is 0 Å². The summed E-state index contributed by atoms with van der Waals surface area (Å²) in [7, 11) is 0. The van der Waals surface area contributed by atoms with Crippen molar-refractivity contribution in [2.75, 3.05) is 6.61 Å². The molecule has 0 aliphatic rings. The van der Waals surface area contributed by atoms with E-state index in [0.717, 1.165) is 0 Å². The Balaban J connectivity index is 0. The van der Waals surface area contributed by atoms with Crippen LogP contribution in [0.1, 0.15) is 0 Å². The van der Waals surface area contributed by atoms with E-state index >= 15 is 0 Å². The van der Waals surface area contributed by atoms with Crippen molar-refractivity contribution in [2.24, 2.45) is 0 Å². The number of rotatable bonds is 1. The standard InChI is InChI=1S/C3H4F3O.Zn/c1-2-7-3(4,5)6;/h1-2H2;. The minimum Gasteiger partial charge on any atom is -0.292 e. The molecule has 0 N–H and O–H groups in total. The summed E-state index contributed by atoms with van der Waals surface area (Å²) >= 11 is 0. The fourth-order valence-electron chi connectivity index (χ4n) is 0.116. The molecule has 0 atom stereocenters. The second kappa shape index (κ2) is 4.27. The van der Waals surface area contributed by atoms with E-state index in [2.05, 4.69) is 11.7 Å². The van der Waals surface area contributed by atoms with Crippen LogP contribution in [0.5, 0.6) is 0 Å². The molecular weight excluding hydrogens is 174 g/mol. The monoisotopic (exact) mass is 177 g/mol. The Morgan fingerprint density at radius 2 is 1.75 bits per heavy atom. The molecule has 0 saturated heterocycles. The summed E-state index contributed by atoms with van der Waals surface area (Å²) in [5.74, 6) is 0. The SMILES string of the molecule is [CH2]COC(F)(F)F.[Zn]. The molecule has 0 amide bonds. The van der Waals surface area contributed by atoms with Gasteiger partial charge in [-0.25, -0.2) is 0 Å². The molecule has 8 heavy (non-hydrogen) atoms. The number of hydrogen-bond acceptors (Lipinski definition) is 1. The van der Waals surface area contributed by atoms with E-state index in [0.29, 0.717) is 0 Å². The van der Waals surface area contributed by atoms with Gasteiger partial charge in [-0.05, 0) is 6.92 Å². The van der Waals surface area contributed by atoms with Gasteiger partial charge in [-0.3, -0.25) is 4.74 Å². The van der Waals surface area contributed by atoms with Crippen molar-refractivity contribution in [3.8, 4) is 0 Å². The number of ether oxygens (including phenoxy) is 1. The number of alkyl halides is 3. The molecule has 0 rings (SSSR count). The Morgan fingerprint density at radius 1 is 1.38 bits per heavy atom. The maximum atomic E-state index is 10.8. The summed E-state index contributed by atoms with van der Waals surface area (Å²) in [6.45, 7) is 2.26. The van der Waals surface area contributed by atoms with Crippen LogP contribution in [-0.2, 0) is 24.2 Å². The van der Waals surface area contributed by atoms with Gasteiger partial charge in [0.05, 0.1) is 6.61 Å². The van der Waals surface area contributed by atoms with E-state index in [4.69, 9.17) is 0 Å². The minimum absolute atomic E-state index is 0. The minimum atomic E-state index is -4.51. The van der Waals surface area contributed by atoms with E-state index in [1.54, 1.807) is 0 Å². The zero-order chi connectivity index (χ0) is 5.91. The molecule has 0 aromatic heterocycles. The molecule has 0 aromatic carbocycles. The Hall–Kier alpha value is 0.373. The number of hydrogen-bond donors (Lipinski definition) is 0. The van der Waals surface area contributed by atoms with Crippen molar-refractivity contribution < 1.29 is 37.4 Å². The van der Waals surface area contributed by atoms with Crippen LogP contribution in [0.2, 0.25) is 0 Å². The quantitative estimate of drug-likeness (QED) is 0.551. The fourth-order valence-corrected chi connectivity index (χ4v) is 0.116. The van der Waals surface area contributed by atoms with Crippen molar-refractivity contribution in [2.45, 2.75) is 6.36 Å². The Bertz CT molecular complexity index is 53.0. The third-order valence-electron chi connectivity index (χ3n) is 0.266. The Morgan fingerprint density at radius 3 is 1.75 bits per heavy atom. The van der Waals surface area contributed by atoms with Gasteiger partial charge in [0.15, 0.2) is 0 Å². The second-order valence-corrected chi connectivity index (χ2v) is 0.794.